The summed E-state index contributed by atoms with van der Waals surface area (Å²) in [4.78, 5) is 13.6. The second kappa shape index (κ2) is 6.27. The first-order valence-electron chi connectivity index (χ1n) is 10.4. The molecule has 0 aromatic heterocycles. The van der Waals surface area contributed by atoms with E-state index < -0.39 is 5.41 Å². The molecule has 2 aliphatic rings. The first-order chi connectivity index (χ1) is 11.1. The molecule has 5 unspecified atom stereocenters. The summed E-state index contributed by atoms with van der Waals surface area (Å²) in [6.07, 6.45) is 4.99. The SMILES string of the molecule is CC1CC2CC(C)C(C)(OC(=O)C(C)(C(C)(C)C)C(C)(C)C)C(C1)C2. The largest absolute Gasteiger partial charge is 0.458 e. The highest BCUT2D eigenvalue weighted by Gasteiger charge is 2.57. The van der Waals surface area contributed by atoms with Crippen molar-refractivity contribution in [3.8, 4) is 0 Å². The molecule has 0 aromatic carbocycles. The Balaban J connectivity index is 2.33. The van der Waals surface area contributed by atoms with Crippen LogP contribution in [0.15, 0.2) is 0 Å². The number of hydrogen-bond donors (Lipinski definition) is 0. The fraction of sp³-hybridized carbons (Fsp3) is 0.957. The van der Waals surface area contributed by atoms with Gasteiger partial charge in [-0.1, -0.05) is 55.4 Å². The maximum atomic E-state index is 13.6. The predicted molar refractivity (Wildman–Crippen MR) is 105 cm³/mol. The van der Waals surface area contributed by atoms with Crippen LogP contribution < -0.4 is 0 Å². The molecule has 2 saturated carbocycles. The van der Waals surface area contributed by atoms with Gasteiger partial charge in [-0.15, -0.1) is 0 Å². The summed E-state index contributed by atoms with van der Waals surface area (Å²) in [7, 11) is 0. The molecule has 0 radical (unpaired) electrons. The molecule has 2 heteroatoms. The Labute approximate surface area is 156 Å². The molecule has 0 amide bonds. The lowest BCUT2D eigenvalue weighted by molar-refractivity contribution is -0.209. The van der Waals surface area contributed by atoms with E-state index in [1.807, 2.05) is 0 Å². The van der Waals surface area contributed by atoms with Crippen molar-refractivity contribution in [2.45, 2.75) is 101 Å². The van der Waals surface area contributed by atoms with Crippen molar-refractivity contribution in [3.63, 3.8) is 0 Å². The summed E-state index contributed by atoms with van der Waals surface area (Å²) in [5, 5.41) is 0. The minimum absolute atomic E-state index is 0.00136. The molecule has 2 aliphatic carbocycles. The number of rotatable bonds is 2. The first-order valence-corrected chi connectivity index (χ1v) is 10.4. The van der Waals surface area contributed by atoms with Crippen LogP contribution in [0.3, 0.4) is 0 Å². The highest BCUT2D eigenvalue weighted by Crippen LogP contribution is 2.56. The van der Waals surface area contributed by atoms with E-state index >= 15 is 0 Å². The lowest BCUT2D eigenvalue weighted by atomic mass is 9.54. The zero-order valence-corrected chi connectivity index (χ0v) is 18.5. The van der Waals surface area contributed by atoms with Gasteiger partial charge < -0.3 is 4.74 Å². The van der Waals surface area contributed by atoms with Crippen LogP contribution in [0, 0.1) is 39.9 Å². The molecule has 25 heavy (non-hydrogen) atoms. The summed E-state index contributed by atoms with van der Waals surface area (Å²) in [5.74, 6) is 2.53. The van der Waals surface area contributed by atoms with Gasteiger partial charge in [-0.25, -0.2) is 0 Å². The molecule has 0 heterocycles. The van der Waals surface area contributed by atoms with Gasteiger partial charge in [0.1, 0.15) is 5.60 Å². The Bertz CT molecular complexity index is 489. The summed E-state index contributed by atoms with van der Waals surface area (Å²) in [6, 6.07) is 0. The number of hydrogen-bond acceptors (Lipinski definition) is 2. The summed E-state index contributed by atoms with van der Waals surface area (Å²) >= 11 is 0. The van der Waals surface area contributed by atoms with Gasteiger partial charge >= 0.3 is 5.97 Å². The Hall–Kier alpha value is -0.530. The van der Waals surface area contributed by atoms with E-state index in [9.17, 15) is 4.79 Å². The van der Waals surface area contributed by atoms with Crippen molar-refractivity contribution in [2.24, 2.45) is 39.9 Å². The van der Waals surface area contributed by atoms with Gasteiger partial charge in [0, 0.05) is 0 Å². The van der Waals surface area contributed by atoms with Gasteiger partial charge in [-0.3, -0.25) is 4.79 Å². The molecule has 0 saturated heterocycles. The molecule has 0 aromatic rings. The highest BCUT2D eigenvalue weighted by atomic mass is 16.6. The molecule has 0 N–H and O–H groups in total. The van der Waals surface area contributed by atoms with Crippen LogP contribution in [-0.2, 0) is 9.53 Å². The van der Waals surface area contributed by atoms with Crippen molar-refractivity contribution in [1.29, 1.82) is 0 Å². The predicted octanol–water partition coefficient (Wildman–Crippen LogP) is 6.48. The molecule has 0 spiro atoms. The van der Waals surface area contributed by atoms with Crippen molar-refractivity contribution in [1.82, 2.24) is 0 Å². The first kappa shape index (κ1) is 20.8. The van der Waals surface area contributed by atoms with Gasteiger partial charge in [-0.05, 0) is 74.0 Å². The Kier molecular flexibility index (Phi) is 5.21. The van der Waals surface area contributed by atoms with Crippen LogP contribution in [0.2, 0.25) is 0 Å². The van der Waals surface area contributed by atoms with Crippen molar-refractivity contribution >= 4 is 5.97 Å². The quantitative estimate of drug-likeness (QED) is 0.533. The van der Waals surface area contributed by atoms with E-state index in [1.54, 1.807) is 0 Å². The van der Waals surface area contributed by atoms with Crippen molar-refractivity contribution in [3.05, 3.63) is 0 Å². The molecule has 2 fully saturated rings. The third-order valence-electron chi connectivity index (χ3n) is 8.24. The standard InChI is InChI=1S/C23H42O2/c1-15-11-17-13-16(2)22(9,18(12-15)14-17)25-19(24)23(10,20(3,4)5)21(6,7)8/h15-18H,11-14H2,1-10H3. The molecule has 146 valence electrons. The zero-order valence-electron chi connectivity index (χ0n) is 18.5. The van der Waals surface area contributed by atoms with Crippen molar-refractivity contribution in [2.75, 3.05) is 0 Å². The number of carbonyl (C=O) groups excluding carboxylic acids is 1. The van der Waals surface area contributed by atoms with Crippen LogP contribution >= 0.6 is 0 Å². The molecule has 2 rings (SSSR count). The van der Waals surface area contributed by atoms with E-state index in [1.165, 1.54) is 25.7 Å². The number of fused-ring (bicyclic) bond motifs is 2. The summed E-state index contributed by atoms with van der Waals surface area (Å²) in [5.41, 5.74) is -1.15. The minimum atomic E-state index is -0.528. The van der Waals surface area contributed by atoms with Crippen LogP contribution in [0.5, 0.6) is 0 Å². The highest BCUT2D eigenvalue weighted by molar-refractivity contribution is 5.79. The van der Waals surface area contributed by atoms with E-state index in [2.05, 4.69) is 69.2 Å². The Morgan fingerprint density at radius 2 is 1.40 bits per heavy atom. The Morgan fingerprint density at radius 1 is 0.880 bits per heavy atom. The molecular formula is C23H42O2. The van der Waals surface area contributed by atoms with E-state index in [0.717, 1.165) is 11.8 Å². The molecule has 0 aliphatic heterocycles. The minimum Gasteiger partial charge on any atom is -0.458 e. The van der Waals surface area contributed by atoms with Gasteiger partial charge in [0.15, 0.2) is 0 Å². The van der Waals surface area contributed by atoms with Gasteiger partial charge in [0.25, 0.3) is 0 Å². The maximum absolute atomic E-state index is 13.6. The normalized spacial score (nSPS) is 36.9. The van der Waals surface area contributed by atoms with Crippen LogP contribution in [0.1, 0.15) is 94.9 Å². The summed E-state index contributed by atoms with van der Waals surface area (Å²) in [6.45, 7) is 22.0. The summed E-state index contributed by atoms with van der Waals surface area (Å²) < 4.78 is 6.50. The molecule has 2 bridgehead atoms. The molecular weight excluding hydrogens is 308 g/mol. The fourth-order valence-corrected chi connectivity index (χ4v) is 5.77. The smallest absolute Gasteiger partial charge is 0.313 e. The third kappa shape index (κ3) is 3.39. The van der Waals surface area contributed by atoms with Gasteiger partial charge in [0.05, 0.1) is 5.41 Å². The Morgan fingerprint density at radius 3 is 1.88 bits per heavy atom. The number of ether oxygens (including phenoxy) is 1. The lowest BCUT2D eigenvalue weighted by Gasteiger charge is -2.55. The molecule has 2 nitrogen and oxygen atoms in total. The van der Waals surface area contributed by atoms with Crippen LogP contribution in [-0.4, -0.2) is 11.6 Å². The second-order valence-corrected chi connectivity index (χ2v) is 11.7. The van der Waals surface area contributed by atoms with Crippen molar-refractivity contribution < 1.29 is 9.53 Å². The van der Waals surface area contributed by atoms with E-state index in [4.69, 9.17) is 4.74 Å². The number of carbonyl (C=O) groups is 1. The van der Waals surface area contributed by atoms with Crippen LogP contribution in [0.25, 0.3) is 0 Å². The zero-order chi connectivity index (χ0) is 19.4. The van der Waals surface area contributed by atoms with E-state index in [-0.39, 0.29) is 22.4 Å². The number of esters is 1. The monoisotopic (exact) mass is 350 g/mol. The van der Waals surface area contributed by atoms with Crippen LogP contribution in [0.4, 0.5) is 0 Å². The fourth-order valence-electron chi connectivity index (χ4n) is 5.77. The third-order valence-corrected chi connectivity index (χ3v) is 8.24. The second-order valence-electron chi connectivity index (χ2n) is 11.7. The lowest BCUT2D eigenvalue weighted by Crippen LogP contribution is -2.57. The average Bonchev–Trinajstić information content (AvgIpc) is 2.41. The molecule has 5 atom stereocenters. The van der Waals surface area contributed by atoms with Gasteiger partial charge in [-0.2, -0.15) is 0 Å². The van der Waals surface area contributed by atoms with E-state index in [0.29, 0.717) is 11.8 Å². The maximum Gasteiger partial charge on any atom is 0.313 e. The average molecular weight is 351 g/mol. The topological polar surface area (TPSA) is 26.3 Å². The van der Waals surface area contributed by atoms with Gasteiger partial charge in [0.2, 0.25) is 0 Å².